The molecule has 0 unspecified atom stereocenters. The quantitative estimate of drug-likeness (QED) is 0.590. The zero-order valence-electron chi connectivity index (χ0n) is 13.2. The summed E-state index contributed by atoms with van der Waals surface area (Å²) in [6.45, 7) is 0.270. The van der Waals surface area contributed by atoms with Gasteiger partial charge in [0.1, 0.15) is 22.3 Å². The molecule has 26 heavy (non-hydrogen) atoms. The lowest BCUT2D eigenvalue weighted by atomic mass is 10.2. The van der Waals surface area contributed by atoms with Gasteiger partial charge in [0.2, 0.25) is 0 Å². The number of fused-ring (bicyclic) bond motifs is 1. The van der Waals surface area contributed by atoms with Crippen LogP contribution in [0, 0.1) is 11.3 Å². The predicted molar refractivity (Wildman–Crippen MR) is 95.8 cm³/mol. The summed E-state index contributed by atoms with van der Waals surface area (Å²) in [5.74, 6) is 0. The van der Waals surface area contributed by atoms with Crippen molar-refractivity contribution >= 4 is 22.2 Å². The highest BCUT2D eigenvalue weighted by molar-refractivity contribution is 7.13. The Labute approximate surface area is 150 Å². The molecular formula is C17H10N6O2S. The van der Waals surface area contributed by atoms with Crippen molar-refractivity contribution in [3.8, 4) is 16.8 Å². The summed E-state index contributed by atoms with van der Waals surface area (Å²) >= 11 is 1.42. The van der Waals surface area contributed by atoms with E-state index in [4.69, 9.17) is 5.26 Å². The molecule has 0 saturated heterocycles. The van der Waals surface area contributed by atoms with E-state index in [2.05, 4.69) is 19.9 Å². The molecule has 0 radical (unpaired) electrons. The number of pyridine rings is 2. The highest BCUT2D eigenvalue weighted by Crippen LogP contribution is 2.21. The van der Waals surface area contributed by atoms with E-state index >= 15 is 0 Å². The predicted octanol–water partition coefficient (Wildman–Crippen LogP) is 1.52. The fourth-order valence-corrected chi connectivity index (χ4v) is 3.30. The van der Waals surface area contributed by atoms with Crippen LogP contribution >= 0.6 is 11.3 Å². The van der Waals surface area contributed by atoms with Crippen LogP contribution in [0.2, 0.25) is 0 Å². The Morgan fingerprint density at radius 3 is 2.96 bits per heavy atom. The number of nitrogens with zero attached hydrogens (tertiary/aromatic N) is 5. The summed E-state index contributed by atoms with van der Waals surface area (Å²) in [7, 11) is 0. The molecule has 0 aromatic carbocycles. The van der Waals surface area contributed by atoms with Gasteiger partial charge in [0.15, 0.2) is 0 Å². The summed E-state index contributed by atoms with van der Waals surface area (Å²) in [5.41, 5.74) is 0.877. The third-order valence-electron chi connectivity index (χ3n) is 3.77. The molecule has 0 amide bonds. The molecule has 8 nitrogen and oxygen atoms in total. The summed E-state index contributed by atoms with van der Waals surface area (Å²) in [4.78, 5) is 39.6. The van der Waals surface area contributed by atoms with Crippen LogP contribution in [0.3, 0.4) is 0 Å². The van der Waals surface area contributed by atoms with Gasteiger partial charge in [-0.1, -0.05) is 0 Å². The highest BCUT2D eigenvalue weighted by atomic mass is 32.1. The van der Waals surface area contributed by atoms with Gasteiger partial charge in [0.25, 0.3) is 11.1 Å². The van der Waals surface area contributed by atoms with E-state index in [0.29, 0.717) is 16.9 Å². The maximum absolute atomic E-state index is 12.7. The zero-order chi connectivity index (χ0) is 18.1. The van der Waals surface area contributed by atoms with Crippen molar-refractivity contribution in [3.05, 3.63) is 74.3 Å². The van der Waals surface area contributed by atoms with E-state index in [9.17, 15) is 9.59 Å². The topological polar surface area (TPSA) is 117 Å². The van der Waals surface area contributed by atoms with Crippen molar-refractivity contribution in [1.82, 2.24) is 24.5 Å². The lowest BCUT2D eigenvalue weighted by Crippen LogP contribution is -2.22. The van der Waals surface area contributed by atoms with Crippen molar-refractivity contribution in [1.29, 1.82) is 5.26 Å². The maximum Gasteiger partial charge on any atom is 0.266 e. The lowest BCUT2D eigenvalue weighted by Gasteiger charge is -2.05. The van der Waals surface area contributed by atoms with Crippen molar-refractivity contribution < 1.29 is 0 Å². The van der Waals surface area contributed by atoms with Crippen LogP contribution in [0.15, 0.2) is 51.9 Å². The largest absolute Gasteiger partial charge is 0.321 e. The molecule has 4 aromatic rings. The van der Waals surface area contributed by atoms with Gasteiger partial charge < -0.3 is 9.55 Å². The number of hydrogen-bond acceptors (Lipinski definition) is 7. The Kier molecular flexibility index (Phi) is 3.87. The van der Waals surface area contributed by atoms with Gasteiger partial charge in [-0.05, 0) is 12.1 Å². The smallest absolute Gasteiger partial charge is 0.266 e. The lowest BCUT2D eigenvalue weighted by molar-refractivity contribution is 0.751. The minimum absolute atomic E-state index is 0.0917. The molecule has 0 spiro atoms. The number of H-pyrrole nitrogens is 1. The van der Waals surface area contributed by atoms with Crippen LogP contribution in [-0.2, 0) is 6.54 Å². The molecule has 0 aliphatic heterocycles. The van der Waals surface area contributed by atoms with E-state index in [1.54, 1.807) is 36.9 Å². The number of hydrogen-bond donors (Lipinski definition) is 1. The number of nitriles is 1. The number of thiazole rings is 1. The number of nitrogens with one attached hydrogen (secondary N) is 1. The second-order valence-electron chi connectivity index (χ2n) is 5.43. The second-order valence-corrected chi connectivity index (χ2v) is 6.29. The molecule has 0 aliphatic rings. The number of aromatic nitrogens is 5. The summed E-state index contributed by atoms with van der Waals surface area (Å²) in [5, 5.41) is 11.8. The van der Waals surface area contributed by atoms with Crippen LogP contribution in [0.5, 0.6) is 0 Å². The molecular weight excluding hydrogens is 352 g/mol. The summed E-state index contributed by atoms with van der Waals surface area (Å²) in [6.07, 6.45) is 6.41. The highest BCUT2D eigenvalue weighted by Gasteiger charge is 2.10. The van der Waals surface area contributed by atoms with E-state index in [1.165, 1.54) is 22.0 Å². The van der Waals surface area contributed by atoms with Crippen LogP contribution < -0.4 is 11.1 Å². The fourth-order valence-electron chi connectivity index (χ4n) is 2.53. The van der Waals surface area contributed by atoms with Crippen molar-refractivity contribution in [3.63, 3.8) is 0 Å². The SMILES string of the molecule is N#Cc1cc2c(=O)n(Cc3csc(-c4cnccn4)n3)ccc2[nH]c1=O. The molecule has 1 N–H and O–H groups in total. The normalized spacial score (nSPS) is 10.7. The zero-order valence-corrected chi connectivity index (χ0v) is 14.0. The Morgan fingerprint density at radius 1 is 1.31 bits per heavy atom. The molecule has 4 rings (SSSR count). The Hall–Kier alpha value is -3.64. The third-order valence-corrected chi connectivity index (χ3v) is 4.68. The molecule has 9 heteroatoms. The van der Waals surface area contributed by atoms with Gasteiger partial charge in [-0.15, -0.1) is 11.3 Å². The monoisotopic (exact) mass is 362 g/mol. The van der Waals surface area contributed by atoms with Gasteiger partial charge in [-0.25, -0.2) is 4.98 Å². The van der Waals surface area contributed by atoms with Gasteiger partial charge in [0, 0.05) is 24.0 Å². The average molecular weight is 362 g/mol. The maximum atomic E-state index is 12.7. The summed E-state index contributed by atoms with van der Waals surface area (Å²) < 4.78 is 1.48. The van der Waals surface area contributed by atoms with Gasteiger partial charge in [0.05, 0.1) is 29.3 Å². The Morgan fingerprint density at radius 2 is 2.19 bits per heavy atom. The Bertz CT molecular complexity index is 1270. The minimum atomic E-state index is -0.509. The van der Waals surface area contributed by atoms with Gasteiger partial charge in [-0.3, -0.25) is 19.6 Å². The average Bonchev–Trinajstić information content (AvgIpc) is 3.13. The first-order valence-corrected chi connectivity index (χ1v) is 8.41. The van der Waals surface area contributed by atoms with Crippen molar-refractivity contribution in [2.45, 2.75) is 6.54 Å². The third kappa shape index (κ3) is 2.78. The molecule has 126 valence electrons. The molecule has 4 aromatic heterocycles. The number of aromatic amines is 1. The molecule has 0 bridgehead atoms. The van der Waals surface area contributed by atoms with E-state index in [-0.39, 0.29) is 23.1 Å². The standard InChI is InChI=1S/C17H10N6O2S/c18-6-10-5-12-13(22-15(10)24)1-4-23(17(12)25)8-11-9-26-16(21-11)14-7-19-2-3-20-14/h1-5,7,9H,8H2,(H,22,24). The fraction of sp³-hybridized carbons (Fsp3) is 0.0588. The van der Waals surface area contributed by atoms with Gasteiger partial charge >= 0.3 is 0 Å². The van der Waals surface area contributed by atoms with Crippen LogP contribution in [0.1, 0.15) is 11.3 Å². The van der Waals surface area contributed by atoms with Crippen molar-refractivity contribution in [2.24, 2.45) is 0 Å². The number of rotatable bonds is 3. The van der Waals surface area contributed by atoms with E-state index in [1.807, 2.05) is 5.38 Å². The molecule has 0 atom stereocenters. The van der Waals surface area contributed by atoms with Crippen LogP contribution in [0.25, 0.3) is 21.6 Å². The first kappa shape index (κ1) is 15.9. The first-order valence-electron chi connectivity index (χ1n) is 7.53. The summed E-state index contributed by atoms with van der Waals surface area (Å²) in [6, 6.07) is 4.74. The van der Waals surface area contributed by atoms with E-state index < -0.39 is 5.56 Å². The van der Waals surface area contributed by atoms with Crippen LogP contribution in [0.4, 0.5) is 0 Å². The minimum Gasteiger partial charge on any atom is -0.321 e. The first-order chi connectivity index (χ1) is 12.7. The van der Waals surface area contributed by atoms with Gasteiger partial charge in [-0.2, -0.15) is 5.26 Å². The van der Waals surface area contributed by atoms with Crippen LogP contribution in [-0.4, -0.2) is 24.5 Å². The second kappa shape index (κ2) is 6.34. The molecule has 0 saturated carbocycles. The van der Waals surface area contributed by atoms with Crippen molar-refractivity contribution in [2.75, 3.05) is 0 Å². The molecule has 0 aliphatic carbocycles. The molecule has 4 heterocycles. The van der Waals surface area contributed by atoms with E-state index in [0.717, 1.165) is 5.01 Å². The Balaban J connectivity index is 1.72. The molecule has 0 fully saturated rings.